The molecule has 1 saturated heterocycles. The summed E-state index contributed by atoms with van der Waals surface area (Å²) in [7, 11) is 0.168. The molecule has 0 unspecified atom stereocenters. The van der Waals surface area contributed by atoms with E-state index in [4.69, 9.17) is 0 Å². The lowest BCUT2D eigenvalue weighted by molar-refractivity contribution is -0.132. The molecule has 0 spiro atoms. The first-order valence-corrected chi connectivity index (χ1v) is 10.5. The van der Waals surface area contributed by atoms with Gasteiger partial charge in [0.05, 0.1) is 0 Å². The van der Waals surface area contributed by atoms with Gasteiger partial charge in [0, 0.05) is 45.7 Å². The Morgan fingerprint density at radius 2 is 1.72 bits per heavy atom. The molecule has 0 aromatic carbocycles. The van der Waals surface area contributed by atoms with Crippen molar-refractivity contribution in [3.8, 4) is 0 Å². The average Bonchev–Trinajstić information content (AvgIpc) is 2.62. The first-order chi connectivity index (χ1) is 11.5. The highest BCUT2D eigenvalue weighted by Gasteiger charge is 2.35. The number of nitrogens with zero attached hydrogens (tertiary/aromatic N) is 3. The minimum atomic E-state index is -3.41. The van der Waals surface area contributed by atoms with Gasteiger partial charge in [-0.3, -0.25) is 4.79 Å². The minimum Gasteiger partial charge on any atom is -0.340 e. The highest BCUT2D eigenvalue weighted by atomic mass is 35.5. The van der Waals surface area contributed by atoms with Crippen LogP contribution < -0.4 is 5.32 Å². The first kappa shape index (κ1) is 22.6. The van der Waals surface area contributed by atoms with E-state index >= 15 is 0 Å². The van der Waals surface area contributed by atoms with Crippen LogP contribution >= 0.6 is 12.4 Å². The Kier molecular flexibility index (Phi) is 9.66. The molecule has 9 heteroatoms. The zero-order chi connectivity index (χ0) is 17.6. The summed E-state index contributed by atoms with van der Waals surface area (Å²) in [5.41, 5.74) is 0. The van der Waals surface area contributed by atoms with Crippen molar-refractivity contribution in [2.75, 3.05) is 46.8 Å². The maximum absolute atomic E-state index is 12.8. The third-order valence-electron chi connectivity index (χ3n) is 5.19. The fraction of sp³-hybridized carbons (Fsp3) is 0.938. The summed E-state index contributed by atoms with van der Waals surface area (Å²) in [6.07, 6.45) is 6.69. The number of rotatable bonds is 7. The van der Waals surface area contributed by atoms with Gasteiger partial charge in [-0.1, -0.05) is 19.3 Å². The van der Waals surface area contributed by atoms with Crippen LogP contribution in [0.15, 0.2) is 0 Å². The number of carbonyl (C=O) groups is 1. The molecule has 7 nitrogen and oxygen atoms in total. The van der Waals surface area contributed by atoms with Crippen LogP contribution in [0, 0.1) is 0 Å². The van der Waals surface area contributed by atoms with Gasteiger partial charge >= 0.3 is 0 Å². The summed E-state index contributed by atoms with van der Waals surface area (Å²) in [5.74, 6) is 0.128. The van der Waals surface area contributed by atoms with E-state index in [0.717, 1.165) is 38.6 Å². The molecule has 1 amide bonds. The lowest BCUT2D eigenvalue weighted by Gasteiger charge is -2.38. The van der Waals surface area contributed by atoms with Gasteiger partial charge in [0.2, 0.25) is 5.91 Å². The van der Waals surface area contributed by atoms with Crippen molar-refractivity contribution in [3.63, 3.8) is 0 Å². The summed E-state index contributed by atoms with van der Waals surface area (Å²) in [6, 6.07) is 0.130. The number of amides is 1. The van der Waals surface area contributed by atoms with E-state index in [2.05, 4.69) is 5.32 Å². The van der Waals surface area contributed by atoms with Crippen molar-refractivity contribution in [3.05, 3.63) is 0 Å². The highest BCUT2D eigenvalue weighted by Crippen LogP contribution is 2.25. The van der Waals surface area contributed by atoms with E-state index in [-0.39, 0.29) is 24.4 Å². The molecule has 0 atom stereocenters. The van der Waals surface area contributed by atoms with Gasteiger partial charge in [-0.2, -0.15) is 17.0 Å². The SMILES string of the molecule is CNCCCC(=O)N1CCN(S(=O)(=O)N(C)C2CCCCC2)CC1.Cl. The molecule has 148 valence electrons. The maximum atomic E-state index is 12.8. The maximum Gasteiger partial charge on any atom is 0.282 e. The zero-order valence-electron chi connectivity index (χ0n) is 15.4. The van der Waals surface area contributed by atoms with Crippen molar-refractivity contribution < 1.29 is 13.2 Å². The number of carbonyl (C=O) groups excluding carboxylic acids is 1. The Bertz CT molecular complexity index is 504. The molecule has 0 radical (unpaired) electrons. The van der Waals surface area contributed by atoms with Crippen molar-refractivity contribution >= 4 is 28.5 Å². The molecular formula is C16H33ClN4O3S. The number of hydrogen-bond donors (Lipinski definition) is 1. The predicted molar refractivity (Wildman–Crippen MR) is 102 cm³/mol. The second-order valence-corrected chi connectivity index (χ2v) is 8.79. The van der Waals surface area contributed by atoms with Crippen LogP contribution in [0.2, 0.25) is 0 Å². The lowest BCUT2D eigenvalue weighted by Crippen LogP contribution is -2.55. The fourth-order valence-electron chi connectivity index (χ4n) is 3.56. The summed E-state index contributed by atoms with van der Waals surface area (Å²) in [6.45, 7) is 2.62. The quantitative estimate of drug-likeness (QED) is 0.653. The Morgan fingerprint density at radius 1 is 1.12 bits per heavy atom. The first-order valence-electron chi connectivity index (χ1n) is 9.12. The lowest BCUT2D eigenvalue weighted by atomic mass is 9.96. The van der Waals surface area contributed by atoms with Crippen LogP contribution in [0.4, 0.5) is 0 Å². The Hall–Kier alpha value is -0.410. The van der Waals surface area contributed by atoms with Gasteiger partial charge < -0.3 is 10.2 Å². The zero-order valence-corrected chi connectivity index (χ0v) is 17.1. The van der Waals surface area contributed by atoms with Crippen LogP contribution in [0.5, 0.6) is 0 Å². The predicted octanol–water partition coefficient (Wildman–Crippen LogP) is 1.06. The summed E-state index contributed by atoms with van der Waals surface area (Å²) >= 11 is 0. The molecule has 1 heterocycles. The van der Waals surface area contributed by atoms with Gasteiger partial charge in [-0.25, -0.2) is 0 Å². The number of piperazine rings is 1. The summed E-state index contributed by atoms with van der Waals surface area (Å²) in [4.78, 5) is 13.9. The van der Waals surface area contributed by atoms with Gasteiger partial charge in [-0.15, -0.1) is 12.4 Å². The smallest absolute Gasteiger partial charge is 0.282 e. The van der Waals surface area contributed by atoms with Crippen LogP contribution in [0.3, 0.4) is 0 Å². The average molecular weight is 397 g/mol. The molecule has 25 heavy (non-hydrogen) atoms. The molecule has 0 aromatic rings. The van der Waals surface area contributed by atoms with Crippen molar-refractivity contribution in [1.29, 1.82) is 0 Å². The Balaban J connectivity index is 0.00000312. The van der Waals surface area contributed by atoms with Crippen molar-refractivity contribution in [1.82, 2.24) is 18.8 Å². The molecule has 0 bridgehead atoms. The van der Waals surface area contributed by atoms with Crippen molar-refractivity contribution in [2.24, 2.45) is 0 Å². The number of nitrogens with one attached hydrogen (secondary N) is 1. The van der Waals surface area contributed by atoms with Gasteiger partial charge in [-0.05, 0) is 32.9 Å². The second-order valence-electron chi connectivity index (χ2n) is 6.80. The standard InChI is InChI=1S/C16H32N4O3S.ClH/c1-17-10-6-9-16(21)19-11-13-20(14-12-19)24(22,23)18(2)15-7-4-3-5-8-15;/h15,17H,3-14H2,1-2H3;1H. The van der Waals surface area contributed by atoms with Crippen LogP contribution in [-0.2, 0) is 15.0 Å². The molecule has 0 aromatic heterocycles. The topological polar surface area (TPSA) is 73.0 Å². The molecule has 1 N–H and O–H groups in total. The highest BCUT2D eigenvalue weighted by molar-refractivity contribution is 7.86. The fourth-order valence-corrected chi connectivity index (χ4v) is 5.13. The van der Waals surface area contributed by atoms with E-state index < -0.39 is 10.2 Å². The second kappa shape index (κ2) is 10.7. The van der Waals surface area contributed by atoms with Gasteiger partial charge in [0.25, 0.3) is 10.2 Å². The molecule has 2 rings (SSSR count). The van der Waals surface area contributed by atoms with Crippen LogP contribution in [0.1, 0.15) is 44.9 Å². The van der Waals surface area contributed by atoms with Gasteiger partial charge in [0.15, 0.2) is 0 Å². The molecular weight excluding hydrogens is 364 g/mol. The number of hydrogen-bond acceptors (Lipinski definition) is 4. The third kappa shape index (κ3) is 6.06. The van der Waals surface area contributed by atoms with E-state index in [1.54, 1.807) is 20.6 Å². The Morgan fingerprint density at radius 3 is 2.28 bits per heavy atom. The minimum absolute atomic E-state index is 0. The molecule has 1 aliphatic carbocycles. The third-order valence-corrected chi connectivity index (χ3v) is 7.23. The van der Waals surface area contributed by atoms with Crippen LogP contribution in [-0.4, -0.2) is 80.7 Å². The molecule has 1 saturated carbocycles. The van der Waals surface area contributed by atoms with E-state index in [9.17, 15) is 13.2 Å². The Labute approximate surface area is 158 Å². The molecule has 1 aliphatic heterocycles. The monoisotopic (exact) mass is 396 g/mol. The van der Waals surface area contributed by atoms with Gasteiger partial charge in [0.1, 0.15) is 0 Å². The summed E-state index contributed by atoms with van der Waals surface area (Å²) < 4.78 is 28.7. The van der Waals surface area contributed by atoms with Crippen LogP contribution in [0.25, 0.3) is 0 Å². The largest absolute Gasteiger partial charge is 0.340 e. The van der Waals surface area contributed by atoms with E-state index in [1.165, 1.54) is 6.42 Å². The normalized spacial score (nSPS) is 20.5. The van der Waals surface area contributed by atoms with E-state index in [0.29, 0.717) is 32.6 Å². The van der Waals surface area contributed by atoms with Crippen molar-refractivity contribution in [2.45, 2.75) is 51.0 Å². The van der Waals surface area contributed by atoms with E-state index in [1.807, 2.05) is 7.05 Å². The molecule has 2 aliphatic rings. The summed E-state index contributed by atoms with van der Waals surface area (Å²) in [5, 5.41) is 3.03. The molecule has 2 fully saturated rings. The number of halogens is 1.